The number of rotatable bonds is 16. The predicted octanol–water partition coefficient (Wildman–Crippen LogP) is 5.38. The van der Waals surface area contributed by atoms with Crippen molar-refractivity contribution in [2.75, 3.05) is 62.2 Å². The molecule has 0 spiro atoms. The van der Waals surface area contributed by atoms with Gasteiger partial charge in [-0.15, -0.1) is 5.53 Å². The van der Waals surface area contributed by atoms with Gasteiger partial charge in [0.2, 0.25) is 10.0 Å². The molecule has 18 nitrogen and oxygen atoms in total. The fourth-order valence-electron chi connectivity index (χ4n) is 12.6. The van der Waals surface area contributed by atoms with Gasteiger partial charge < -0.3 is 59.0 Å². The Kier molecular flexibility index (Phi) is 21.4. The number of methoxy groups -OCH3 is 2. The summed E-state index contributed by atoms with van der Waals surface area (Å²) in [6.45, 7) is 22.1. The molecule has 0 saturated carbocycles. The lowest BCUT2D eigenvalue weighted by molar-refractivity contribution is -0.265. The minimum absolute atomic E-state index is 0.0709. The second-order valence-electron chi connectivity index (χ2n) is 23.6. The van der Waals surface area contributed by atoms with Crippen LogP contribution >= 0.6 is 0 Å². The Balaban J connectivity index is 1.41. The van der Waals surface area contributed by atoms with E-state index < -0.39 is 112 Å². The lowest BCUT2D eigenvalue weighted by Gasteiger charge is -2.51. The number of benzene rings is 1. The third-order valence-corrected chi connectivity index (χ3v) is 19.0. The molecule has 1 aromatic rings. The first kappa shape index (κ1) is 62.3. The average molecular weight is 1070 g/mol. The SMILES string of the molecule is CCC1OC(=O)C(C)C(C2CC(C)(OC)C(O)C(C)O2)C(C)C(OC2CC(N(C)CCC3=CN(C(CF)C(OC)c4ccc(S(=O)(=O)N(C)C)cc4)NN3)CC(C)O2)C(C)(C)CC(C)CN(C)C(C)C(O)C1(C)O. The summed E-state index contributed by atoms with van der Waals surface area (Å²) < 4.78 is 80.3. The summed E-state index contributed by atoms with van der Waals surface area (Å²) in [5.41, 5.74) is 4.55. The molecule has 5 rings (SSSR count). The normalized spacial score (nSPS) is 38.2. The molecule has 0 aliphatic carbocycles. The van der Waals surface area contributed by atoms with Crippen LogP contribution in [0, 0.1) is 29.1 Å². The van der Waals surface area contributed by atoms with E-state index in [-0.39, 0.29) is 35.3 Å². The molecule has 18 unspecified atom stereocenters. The molecule has 3 saturated heterocycles. The smallest absolute Gasteiger partial charge is 0.309 e. The quantitative estimate of drug-likeness (QED) is 0.132. The number of hydrogen-bond acceptors (Lipinski definition) is 17. The summed E-state index contributed by atoms with van der Waals surface area (Å²) in [4.78, 5) is 19.2. The predicted molar refractivity (Wildman–Crippen MR) is 281 cm³/mol. The number of carbonyl (C=O) groups excluding carboxylic acids is 1. The third kappa shape index (κ3) is 14.0. The zero-order chi connectivity index (χ0) is 55.4. The number of sulfonamides is 1. The summed E-state index contributed by atoms with van der Waals surface area (Å²) in [5, 5.41) is 36.7. The molecule has 0 amide bonds. The number of esters is 1. The summed E-state index contributed by atoms with van der Waals surface area (Å²) in [7, 11) is 6.42. The topological polar surface area (TPSA) is 204 Å². The summed E-state index contributed by atoms with van der Waals surface area (Å²) in [5.74, 6) is -2.06. The van der Waals surface area contributed by atoms with Crippen molar-refractivity contribution in [3.05, 3.63) is 41.7 Å². The number of hydrogen-bond donors (Lipinski definition) is 5. The third-order valence-electron chi connectivity index (χ3n) is 17.1. The average Bonchev–Trinajstić information content (AvgIpc) is 3.82. The van der Waals surface area contributed by atoms with E-state index in [0.717, 1.165) is 16.4 Å². The van der Waals surface area contributed by atoms with Crippen LogP contribution in [0.25, 0.3) is 0 Å². The molecular formula is C54H95FN6O12S. The molecule has 0 radical (unpaired) electrons. The van der Waals surface area contributed by atoms with Crippen LogP contribution in [0.1, 0.15) is 126 Å². The summed E-state index contributed by atoms with van der Waals surface area (Å²) >= 11 is 0. The molecule has 0 bridgehead atoms. The van der Waals surface area contributed by atoms with Crippen molar-refractivity contribution in [3.8, 4) is 0 Å². The molecule has 426 valence electrons. The molecule has 74 heavy (non-hydrogen) atoms. The van der Waals surface area contributed by atoms with Gasteiger partial charge in [-0.2, -0.15) is 0 Å². The first-order valence-electron chi connectivity index (χ1n) is 26.8. The maximum atomic E-state index is 14.9. The molecule has 18 atom stereocenters. The van der Waals surface area contributed by atoms with Gasteiger partial charge in [0.05, 0.1) is 40.8 Å². The minimum atomic E-state index is -3.64. The number of hydrazine groups is 2. The summed E-state index contributed by atoms with van der Waals surface area (Å²) in [6.07, 6.45) is -1.22. The van der Waals surface area contributed by atoms with Crippen LogP contribution in [0.3, 0.4) is 0 Å². The van der Waals surface area contributed by atoms with E-state index in [9.17, 15) is 32.9 Å². The molecule has 5 N–H and O–H groups in total. The Bertz CT molecular complexity index is 2110. The van der Waals surface area contributed by atoms with Crippen LogP contribution in [0.4, 0.5) is 4.39 Å². The van der Waals surface area contributed by atoms with E-state index in [0.29, 0.717) is 44.3 Å². The van der Waals surface area contributed by atoms with Crippen LogP contribution < -0.4 is 11.0 Å². The number of ether oxygens (including phenoxy) is 6. The van der Waals surface area contributed by atoms with Gasteiger partial charge in [-0.25, -0.2) is 17.1 Å². The number of cyclic esters (lactones) is 1. The molecule has 3 fully saturated rings. The van der Waals surface area contributed by atoms with Crippen LogP contribution in [-0.2, 0) is 43.2 Å². The van der Waals surface area contributed by atoms with Crippen LogP contribution in [-0.4, -0.2) is 189 Å². The van der Waals surface area contributed by atoms with Gasteiger partial charge in [0.1, 0.15) is 42.7 Å². The number of nitrogens with one attached hydrogen (secondary N) is 2. The fourth-order valence-corrected chi connectivity index (χ4v) is 13.5. The van der Waals surface area contributed by atoms with E-state index in [1.807, 2.05) is 47.9 Å². The van der Waals surface area contributed by atoms with Crippen LogP contribution in [0.5, 0.6) is 0 Å². The van der Waals surface area contributed by atoms with E-state index in [1.165, 1.54) is 33.3 Å². The highest BCUT2D eigenvalue weighted by molar-refractivity contribution is 7.89. The van der Waals surface area contributed by atoms with Crippen molar-refractivity contribution in [1.82, 2.24) is 30.1 Å². The largest absolute Gasteiger partial charge is 0.459 e. The monoisotopic (exact) mass is 1070 g/mol. The molecule has 0 aromatic heterocycles. The van der Waals surface area contributed by atoms with Gasteiger partial charge >= 0.3 is 5.97 Å². The molecular weight excluding hydrogens is 976 g/mol. The molecule has 4 aliphatic rings. The summed E-state index contributed by atoms with van der Waals surface area (Å²) in [6, 6.07) is 5.15. The van der Waals surface area contributed by atoms with E-state index in [4.69, 9.17) is 28.4 Å². The Morgan fingerprint density at radius 3 is 2.19 bits per heavy atom. The van der Waals surface area contributed by atoms with E-state index >= 15 is 0 Å². The maximum Gasteiger partial charge on any atom is 0.309 e. The van der Waals surface area contributed by atoms with Crippen molar-refractivity contribution in [2.45, 2.75) is 204 Å². The number of aliphatic hydroxyl groups is 3. The number of halogens is 1. The van der Waals surface area contributed by atoms with Crippen molar-refractivity contribution >= 4 is 16.0 Å². The standard InChI is InChI=1S/C54H95FN6O12S/c1-18-44-54(11,65)48(62)36(6)60(15)30-32(2)27-52(8,9)50(34(4)46(35(5)51(64)72-44)43-28-53(10,69-17)49(63)37(7)71-43)73-45-26-40(25-33(3)70-45)59(14)24-23-39-31-61(57-56-39)42(29-55)47(68-16)38-19-21-41(22-20-38)74(66,67)58(12)13/h19-22,31-37,40,42-50,56-57,62-63,65H,18,23-30H2,1-17H3. The van der Waals surface area contributed by atoms with Crippen molar-refractivity contribution < 1.29 is 61.3 Å². The Morgan fingerprint density at radius 1 is 0.959 bits per heavy atom. The maximum absolute atomic E-state index is 14.9. The highest BCUT2D eigenvalue weighted by atomic mass is 32.2. The first-order chi connectivity index (χ1) is 34.5. The second kappa shape index (κ2) is 25.5. The minimum Gasteiger partial charge on any atom is -0.459 e. The van der Waals surface area contributed by atoms with E-state index in [2.05, 4.69) is 62.4 Å². The highest BCUT2D eigenvalue weighted by Crippen LogP contribution is 2.47. The molecule has 20 heteroatoms. The number of alkyl halides is 1. The number of aliphatic hydroxyl groups excluding tert-OH is 2. The zero-order valence-corrected chi connectivity index (χ0v) is 48.4. The molecule has 4 aliphatic heterocycles. The second-order valence-corrected chi connectivity index (χ2v) is 25.7. The number of carbonyl (C=O) groups is 1. The lowest BCUT2D eigenvalue weighted by Crippen LogP contribution is -2.60. The van der Waals surface area contributed by atoms with Crippen molar-refractivity contribution in [2.24, 2.45) is 29.1 Å². The van der Waals surface area contributed by atoms with Gasteiger partial charge in [-0.05, 0) is 103 Å². The van der Waals surface area contributed by atoms with Gasteiger partial charge in [-0.1, -0.05) is 53.7 Å². The molecule has 4 heterocycles. The molecule has 1 aromatic carbocycles. The van der Waals surface area contributed by atoms with Crippen molar-refractivity contribution in [3.63, 3.8) is 0 Å². The van der Waals surface area contributed by atoms with Crippen molar-refractivity contribution in [1.29, 1.82) is 0 Å². The Labute approximate surface area is 442 Å². The van der Waals surface area contributed by atoms with Crippen LogP contribution in [0.2, 0.25) is 0 Å². The van der Waals surface area contributed by atoms with Crippen LogP contribution in [0.15, 0.2) is 41.1 Å². The van der Waals surface area contributed by atoms with Gasteiger partial charge in [0, 0.05) is 90.6 Å². The first-order valence-corrected chi connectivity index (χ1v) is 28.2. The van der Waals surface area contributed by atoms with Gasteiger partial charge in [-0.3, -0.25) is 9.80 Å². The number of likely N-dealkylation sites (N-methyl/N-ethyl adjacent to an activating group) is 1. The zero-order valence-electron chi connectivity index (χ0n) is 47.6. The number of nitrogens with zero attached hydrogens (tertiary/aromatic N) is 4. The highest BCUT2D eigenvalue weighted by Gasteiger charge is 2.54. The van der Waals surface area contributed by atoms with Gasteiger partial charge in [0.15, 0.2) is 6.29 Å². The Hall–Kier alpha value is -2.57. The van der Waals surface area contributed by atoms with Gasteiger partial charge in [0.25, 0.3) is 0 Å². The van der Waals surface area contributed by atoms with E-state index in [1.54, 1.807) is 31.2 Å². The lowest BCUT2D eigenvalue weighted by atomic mass is 9.65. The Morgan fingerprint density at radius 2 is 1.61 bits per heavy atom. The fraction of sp³-hybridized carbons (Fsp3) is 0.833.